The van der Waals surface area contributed by atoms with Crippen molar-refractivity contribution in [3.05, 3.63) is 0 Å². The molecular formula is C15H29N3O. The topological polar surface area (TPSA) is 44.4 Å². The quantitative estimate of drug-likeness (QED) is 0.783. The molecule has 0 aromatic rings. The van der Waals surface area contributed by atoms with E-state index in [1.807, 2.05) is 0 Å². The summed E-state index contributed by atoms with van der Waals surface area (Å²) in [4.78, 5) is 14.6. The molecule has 0 aromatic heterocycles. The Morgan fingerprint density at radius 1 is 1.37 bits per heavy atom. The van der Waals surface area contributed by atoms with Gasteiger partial charge >= 0.3 is 0 Å². The molecule has 3 atom stereocenters. The first-order chi connectivity index (χ1) is 9.15. The molecule has 2 N–H and O–H groups in total. The van der Waals surface area contributed by atoms with Crippen molar-refractivity contribution in [2.45, 2.75) is 33.1 Å². The number of nitrogens with one attached hydrogen (secondary N) is 2. The minimum atomic E-state index is 0.169. The van der Waals surface area contributed by atoms with Crippen molar-refractivity contribution in [3.8, 4) is 0 Å². The summed E-state index contributed by atoms with van der Waals surface area (Å²) in [7, 11) is 0. The van der Waals surface area contributed by atoms with Gasteiger partial charge in [-0.05, 0) is 50.7 Å². The van der Waals surface area contributed by atoms with Gasteiger partial charge in [-0.25, -0.2) is 0 Å². The average molecular weight is 267 g/mol. The maximum atomic E-state index is 12.1. The summed E-state index contributed by atoms with van der Waals surface area (Å²) in [5.41, 5.74) is 0. The van der Waals surface area contributed by atoms with Crippen molar-refractivity contribution in [1.29, 1.82) is 0 Å². The molecule has 0 aliphatic carbocycles. The zero-order chi connectivity index (χ0) is 13.7. The molecule has 2 heterocycles. The molecule has 2 aliphatic rings. The highest BCUT2D eigenvalue weighted by atomic mass is 16.1. The van der Waals surface area contributed by atoms with Crippen LogP contribution in [0.15, 0.2) is 0 Å². The highest BCUT2D eigenvalue weighted by Crippen LogP contribution is 2.16. The van der Waals surface area contributed by atoms with Crippen molar-refractivity contribution in [2.24, 2.45) is 17.8 Å². The van der Waals surface area contributed by atoms with E-state index in [9.17, 15) is 4.79 Å². The lowest BCUT2D eigenvalue weighted by molar-refractivity contribution is -0.126. The Bertz CT molecular complexity index is 289. The highest BCUT2D eigenvalue weighted by Gasteiger charge is 2.25. The fourth-order valence-corrected chi connectivity index (χ4v) is 3.25. The molecule has 0 radical (unpaired) electrons. The Labute approximate surface area is 117 Å². The van der Waals surface area contributed by atoms with Gasteiger partial charge < -0.3 is 15.5 Å². The standard InChI is InChI=1S/C15H29N3O/c1-12-7-14(10-16-8-12)15(19)17-9-13(2)11-18-5-3-4-6-18/h12-14,16H,3-11H2,1-2H3,(H,17,19). The van der Waals surface area contributed by atoms with Crippen LogP contribution >= 0.6 is 0 Å². The molecule has 4 heteroatoms. The number of rotatable bonds is 5. The number of nitrogens with zero attached hydrogens (tertiary/aromatic N) is 1. The fraction of sp³-hybridized carbons (Fsp3) is 0.933. The summed E-state index contributed by atoms with van der Waals surface area (Å²) in [5.74, 6) is 1.58. The van der Waals surface area contributed by atoms with Gasteiger partial charge in [-0.15, -0.1) is 0 Å². The summed E-state index contributed by atoms with van der Waals surface area (Å²) in [5, 5.41) is 6.48. The Morgan fingerprint density at radius 3 is 2.79 bits per heavy atom. The molecule has 2 rings (SSSR count). The van der Waals surface area contributed by atoms with Crippen LogP contribution in [0.1, 0.15) is 33.1 Å². The van der Waals surface area contributed by atoms with E-state index < -0.39 is 0 Å². The Balaban J connectivity index is 1.64. The van der Waals surface area contributed by atoms with Crippen LogP contribution in [0.4, 0.5) is 0 Å². The molecule has 0 saturated carbocycles. The fourth-order valence-electron chi connectivity index (χ4n) is 3.25. The summed E-state index contributed by atoms with van der Waals surface area (Å²) >= 11 is 0. The number of likely N-dealkylation sites (tertiary alicyclic amines) is 1. The molecule has 2 saturated heterocycles. The third kappa shape index (κ3) is 4.77. The van der Waals surface area contributed by atoms with Gasteiger partial charge in [-0.3, -0.25) is 4.79 Å². The van der Waals surface area contributed by atoms with E-state index in [4.69, 9.17) is 0 Å². The van der Waals surface area contributed by atoms with Gasteiger partial charge in [0.25, 0.3) is 0 Å². The molecule has 19 heavy (non-hydrogen) atoms. The minimum absolute atomic E-state index is 0.169. The third-order valence-corrected chi connectivity index (χ3v) is 4.33. The van der Waals surface area contributed by atoms with Crippen LogP contribution in [0.3, 0.4) is 0 Å². The largest absolute Gasteiger partial charge is 0.356 e. The first-order valence-electron chi connectivity index (χ1n) is 7.86. The van der Waals surface area contributed by atoms with Crippen LogP contribution in [-0.4, -0.2) is 50.1 Å². The van der Waals surface area contributed by atoms with Gasteiger partial charge in [0, 0.05) is 19.6 Å². The number of carbonyl (C=O) groups is 1. The van der Waals surface area contributed by atoms with Gasteiger partial charge in [-0.2, -0.15) is 0 Å². The Kier molecular flexibility index (Phi) is 5.64. The number of piperidine rings is 1. The normalized spacial score (nSPS) is 30.2. The molecule has 2 aliphatic heterocycles. The lowest BCUT2D eigenvalue weighted by Gasteiger charge is -2.27. The van der Waals surface area contributed by atoms with Gasteiger partial charge in [0.15, 0.2) is 0 Å². The van der Waals surface area contributed by atoms with E-state index in [2.05, 4.69) is 29.4 Å². The first-order valence-corrected chi connectivity index (χ1v) is 7.86. The van der Waals surface area contributed by atoms with Crippen molar-refractivity contribution in [3.63, 3.8) is 0 Å². The third-order valence-electron chi connectivity index (χ3n) is 4.33. The van der Waals surface area contributed by atoms with Crippen LogP contribution in [0.2, 0.25) is 0 Å². The van der Waals surface area contributed by atoms with Gasteiger partial charge in [0.2, 0.25) is 5.91 Å². The zero-order valence-corrected chi connectivity index (χ0v) is 12.5. The van der Waals surface area contributed by atoms with E-state index in [1.54, 1.807) is 0 Å². The SMILES string of the molecule is CC1CNCC(C(=O)NCC(C)CN2CCCC2)C1. The number of hydrogen-bond acceptors (Lipinski definition) is 3. The zero-order valence-electron chi connectivity index (χ0n) is 12.5. The van der Waals surface area contributed by atoms with Gasteiger partial charge in [0.1, 0.15) is 0 Å². The summed E-state index contributed by atoms with van der Waals surface area (Å²) < 4.78 is 0. The molecule has 3 unspecified atom stereocenters. The number of amides is 1. The Hall–Kier alpha value is -0.610. The van der Waals surface area contributed by atoms with Gasteiger partial charge in [-0.1, -0.05) is 13.8 Å². The highest BCUT2D eigenvalue weighted by molar-refractivity contribution is 5.79. The van der Waals surface area contributed by atoms with Crippen molar-refractivity contribution >= 4 is 5.91 Å². The predicted molar refractivity (Wildman–Crippen MR) is 78.0 cm³/mol. The molecule has 0 aromatic carbocycles. The summed E-state index contributed by atoms with van der Waals surface area (Å²) in [6.07, 6.45) is 3.70. The monoisotopic (exact) mass is 267 g/mol. The number of hydrogen-bond donors (Lipinski definition) is 2. The maximum Gasteiger partial charge on any atom is 0.224 e. The van der Waals surface area contributed by atoms with Crippen LogP contribution < -0.4 is 10.6 Å². The Morgan fingerprint density at radius 2 is 2.11 bits per heavy atom. The molecule has 1 amide bonds. The lowest BCUT2D eigenvalue weighted by atomic mass is 9.91. The second-order valence-corrected chi connectivity index (χ2v) is 6.55. The average Bonchev–Trinajstić information content (AvgIpc) is 2.88. The van der Waals surface area contributed by atoms with E-state index >= 15 is 0 Å². The summed E-state index contributed by atoms with van der Waals surface area (Å²) in [6, 6.07) is 0. The molecule has 110 valence electrons. The second kappa shape index (κ2) is 7.25. The predicted octanol–water partition coefficient (Wildman–Crippen LogP) is 1.08. The van der Waals surface area contributed by atoms with Crippen molar-refractivity contribution in [1.82, 2.24) is 15.5 Å². The van der Waals surface area contributed by atoms with E-state index in [1.165, 1.54) is 25.9 Å². The number of carbonyl (C=O) groups excluding carboxylic acids is 1. The molecule has 0 bridgehead atoms. The van der Waals surface area contributed by atoms with Gasteiger partial charge in [0.05, 0.1) is 5.92 Å². The minimum Gasteiger partial charge on any atom is -0.356 e. The van der Waals surface area contributed by atoms with E-state index in [0.29, 0.717) is 11.8 Å². The lowest BCUT2D eigenvalue weighted by Crippen LogP contribution is -2.45. The van der Waals surface area contributed by atoms with E-state index in [-0.39, 0.29) is 11.8 Å². The first kappa shape index (κ1) is 14.8. The van der Waals surface area contributed by atoms with Crippen molar-refractivity contribution < 1.29 is 4.79 Å². The molecule has 2 fully saturated rings. The smallest absolute Gasteiger partial charge is 0.224 e. The summed E-state index contributed by atoms with van der Waals surface area (Å²) in [6.45, 7) is 10.8. The van der Waals surface area contributed by atoms with Crippen LogP contribution in [0.25, 0.3) is 0 Å². The van der Waals surface area contributed by atoms with Crippen LogP contribution in [0.5, 0.6) is 0 Å². The van der Waals surface area contributed by atoms with Crippen molar-refractivity contribution in [2.75, 3.05) is 39.3 Å². The second-order valence-electron chi connectivity index (χ2n) is 6.55. The molecular weight excluding hydrogens is 238 g/mol. The maximum absolute atomic E-state index is 12.1. The molecule has 0 spiro atoms. The van der Waals surface area contributed by atoms with Crippen LogP contribution in [-0.2, 0) is 4.79 Å². The van der Waals surface area contributed by atoms with Crippen LogP contribution in [0, 0.1) is 17.8 Å². The molecule has 4 nitrogen and oxygen atoms in total. The van der Waals surface area contributed by atoms with E-state index in [0.717, 1.165) is 32.6 Å².